The molecule has 3 aromatic rings. The molecule has 0 saturated heterocycles. The second-order valence-electron chi connectivity index (χ2n) is 6.99. The van der Waals surface area contributed by atoms with Gasteiger partial charge in [0.25, 0.3) is 23.2 Å². The quantitative estimate of drug-likeness (QED) is 0.320. The Hall–Kier alpha value is -4.91. The summed E-state index contributed by atoms with van der Waals surface area (Å²) in [5.74, 6) is -1.82. The van der Waals surface area contributed by atoms with Crippen LogP contribution in [0.1, 0.15) is 37.4 Å². The molecule has 3 rings (SSSR count). The number of hydrogen-bond donors (Lipinski definition) is 0. The number of anilines is 1. The molecule has 0 saturated carbocycles. The third kappa shape index (κ3) is 4.15. The lowest BCUT2D eigenvalue weighted by Gasteiger charge is -2.23. The molecule has 0 bridgehead atoms. The lowest BCUT2D eigenvalue weighted by molar-refractivity contribution is -0.385. The van der Waals surface area contributed by atoms with E-state index in [0.717, 1.165) is 4.90 Å². The van der Waals surface area contributed by atoms with Crippen LogP contribution in [0.3, 0.4) is 0 Å². The second kappa shape index (κ2) is 9.07. The number of carbonyl (C=O) groups excluding carboxylic acids is 2. The van der Waals surface area contributed by atoms with Crippen molar-refractivity contribution in [1.29, 1.82) is 5.26 Å². The first-order valence-corrected chi connectivity index (χ1v) is 9.55. The van der Waals surface area contributed by atoms with Gasteiger partial charge in [-0.2, -0.15) is 5.26 Å². The van der Waals surface area contributed by atoms with Gasteiger partial charge in [-0.25, -0.2) is 4.90 Å². The molecule has 2 amide bonds. The van der Waals surface area contributed by atoms with Crippen molar-refractivity contribution in [3.8, 4) is 6.07 Å². The normalized spacial score (nSPS) is 10.2. The van der Waals surface area contributed by atoms with Crippen LogP contribution < -0.4 is 4.90 Å². The Bertz CT molecular complexity index is 1280. The number of rotatable bonds is 5. The van der Waals surface area contributed by atoms with E-state index < -0.39 is 21.7 Å². The third-order valence-corrected chi connectivity index (χ3v) is 5.14. The lowest BCUT2D eigenvalue weighted by Crippen LogP contribution is -2.38. The lowest BCUT2D eigenvalue weighted by atomic mass is 10.0. The average molecular weight is 444 g/mol. The Morgan fingerprint density at radius 1 is 0.788 bits per heavy atom. The van der Waals surface area contributed by atoms with Gasteiger partial charge in [0, 0.05) is 23.3 Å². The zero-order valence-corrected chi connectivity index (χ0v) is 17.5. The average Bonchev–Trinajstić information content (AvgIpc) is 2.79. The van der Waals surface area contributed by atoms with E-state index in [1.54, 1.807) is 6.07 Å². The maximum absolute atomic E-state index is 13.6. The second-order valence-corrected chi connectivity index (χ2v) is 6.99. The highest BCUT2D eigenvalue weighted by atomic mass is 16.6. The number of para-hydroxylation sites is 1. The molecule has 0 aliphatic carbocycles. The largest absolute Gasteiger partial charge is 0.273 e. The van der Waals surface area contributed by atoms with E-state index in [0.29, 0.717) is 0 Å². The Labute approximate surface area is 187 Å². The van der Waals surface area contributed by atoms with Crippen LogP contribution in [0.4, 0.5) is 17.1 Å². The highest BCUT2D eigenvalue weighted by molar-refractivity contribution is 6.27. The molecule has 10 heteroatoms. The van der Waals surface area contributed by atoms with Gasteiger partial charge < -0.3 is 0 Å². The number of nitro groups is 2. The first-order valence-electron chi connectivity index (χ1n) is 9.55. The maximum Gasteiger partial charge on any atom is 0.273 e. The van der Waals surface area contributed by atoms with Crippen LogP contribution in [0.15, 0.2) is 60.7 Å². The van der Waals surface area contributed by atoms with Crippen molar-refractivity contribution in [3.05, 3.63) is 109 Å². The summed E-state index contributed by atoms with van der Waals surface area (Å²) >= 11 is 0. The van der Waals surface area contributed by atoms with E-state index in [1.807, 2.05) is 6.07 Å². The SMILES string of the molecule is Cc1c(C(=O)N(C(=O)c2cccc([N+](=O)[O-])c2C)c2ccccc2C#N)cccc1[N+](=O)[O-]. The molecule has 0 N–H and O–H groups in total. The smallest absolute Gasteiger partial charge is 0.268 e. The summed E-state index contributed by atoms with van der Waals surface area (Å²) in [4.78, 5) is 49.3. The van der Waals surface area contributed by atoms with Gasteiger partial charge in [-0.05, 0) is 38.1 Å². The molecule has 0 spiro atoms. The van der Waals surface area contributed by atoms with Gasteiger partial charge in [0.15, 0.2) is 0 Å². The van der Waals surface area contributed by atoms with E-state index in [-0.39, 0.29) is 44.9 Å². The summed E-state index contributed by atoms with van der Waals surface area (Å²) in [5.41, 5.74) is -0.827. The first-order chi connectivity index (χ1) is 15.7. The van der Waals surface area contributed by atoms with Crippen molar-refractivity contribution in [2.75, 3.05) is 4.90 Å². The van der Waals surface area contributed by atoms with Crippen LogP contribution in [-0.4, -0.2) is 21.7 Å². The molecule has 0 unspecified atom stereocenters. The van der Waals surface area contributed by atoms with E-state index in [2.05, 4.69) is 0 Å². The molecule has 33 heavy (non-hydrogen) atoms. The summed E-state index contributed by atoms with van der Waals surface area (Å²) in [6.45, 7) is 2.76. The molecule has 10 nitrogen and oxygen atoms in total. The number of hydrogen-bond acceptors (Lipinski definition) is 7. The number of nitro benzene ring substituents is 2. The predicted molar refractivity (Wildman–Crippen MR) is 118 cm³/mol. The zero-order valence-electron chi connectivity index (χ0n) is 17.5. The predicted octanol–water partition coefficient (Wildman–Crippen LogP) is 4.48. The van der Waals surface area contributed by atoms with E-state index in [1.165, 1.54) is 68.4 Å². The summed E-state index contributed by atoms with van der Waals surface area (Å²) in [5, 5.41) is 32.2. The van der Waals surface area contributed by atoms with Gasteiger partial charge in [-0.15, -0.1) is 0 Å². The van der Waals surface area contributed by atoms with E-state index in [4.69, 9.17) is 0 Å². The summed E-state index contributed by atoms with van der Waals surface area (Å²) in [7, 11) is 0. The van der Waals surface area contributed by atoms with Gasteiger partial charge in [0.2, 0.25) is 0 Å². The Balaban J connectivity index is 2.27. The highest BCUT2D eigenvalue weighted by Gasteiger charge is 2.32. The molecule has 3 aromatic carbocycles. The summed E-state index contributed by atoms with van der Waals surface area (Å²) in [6.07, 6.45) is 0. The van der Waals surface area contributed by atoms with Crippen LogP contribution in [0, 0.1) is 45.4 Å². The molecular weight excluding hydrogens is 428 g/mol. The number of nitriles is 1. The third-order valence-electron chi connectivity index (χ3n) is 5.14. The van der Waals surface area contributed by atoms with E-state index >= 15 is 0 Å². The number of nitrogens with zero attached hydrogens (tertiary/aromatic N) is 4. The molecular formula is C23H16N4O6. The van der Waals surface area contributed by atoms with Crippen molar-refractivity contribution in [2.45, 2.75) is 13.8 Å². The fraction of sp³-hybridized carbons (Fsp3) is 0.0870. The summed E-state index contributed by atoms with van der Waals surface area (Å²) in [6, 6.07) is 15.5. The summed E-state index contributed by atoms with van der Waals surface area (Å²) < 4.78 is 0. The minimum atomic E-state index is -0.908. The highest BCUT2D eigenvalue weighted by Crippen LogP contribution is 2.30. The number of amides is 2. The topological polar surface area (TPSA) is 147 Å². The molecule has 0 fully saturated rings. The van der Waals surface area contributed by atoms with Crippen LogP contribution in [-0.2, 0) is 0 Å². The molecule has 0 aliphatic heterocycles. The van der Waals surface area contributed by atoms with Crippen molar-refractivity contribution in [1.82, 2.24) is 0 Å². The van der Waals surface area contributed by atoms with Gasteiger partial charge >= 0.3 is 0 Å². The standard InChI is InChI=1S/C23H16N4O6/c1-14-17(8-5-11-19(14)26(30)31)22(28)25(21-10-4-3-7-16(21)13-24)23(29)18-9-6-12-20(15(18)2)27(32)33/h3-12H,1-2H3. The molecule has 0 atom stereocenters. The van der Waals surface area contributed by atoms with Crippen molar-refractivity contribution in [2.24, 2.45) is 0 Å². The van der Waals surface area contributed by atoms with Gasteiger partial charge in [-0.1, -0.05) is 24.3 Å². The number of benzene rings is 3. The van der Waals surface area contributed by atoms with Crippen molar-refractivity contribution in [3.63, 3.8) is 0 Å². The minimum Gasteiger partial charge on any atom is -0.268 e. The van der Waals surface area contributed by atoms with Gasteiger partial charge in [0.05, 0.1) is 32.2 Å². The first kappa shape index (κ1) is 22.8. The molecule has 0 heterocycles. The molecule has 164 valence electrons. The minimum absolute atomic E-state index is 0.00497. The molecule has 0 aromatic heterocycles. The monoisotopic (exact) mass is 444 g/mol. The van der Waals surface area contributed by atoms with Gasteiger partial charge in [-0.3, -0.25) is 29.8 Å². The Morgan fingerprint density at radius 3 is 1.67 bits per heavy atom. The number of imide groups is 1. The Kier molecular flexibility index (Phi) is 6.26. The zero-order chi connectivity index (χ0) is 24.3. The molecule has 0 radical (unpaired) electrons. The van der Waals surface area contributed by atoms with Crippen LogP contribution in [0.25, 0.3) is 0 Å². The molecule has 0 aliphatic rings. The van der Waals surface area contributed by atoms with Crippen LogP contribution in [0.5, 0.6) is 0 Å². The fourth-order valence-corrected chi connectivity index (χ4v) is 3.42. The van der Waals surface area contributed by atoms with Crippen molar-refractivity contribution < 1.29 is 19.4 Å². The Morgan fingerprint density at radius 2 is 1.24 bits per heavy atom. The van der Waals surface area contributed by atoms with Crippen LogP contribution in [0.2, 0.25) is 0 Å². The fourth-order valence-electron chi connectivity index (χ4n) is 3.42. The van der Waals surface area contributed by atoms with E-state index in [9.17, 15) is 35.1 Å². The van der Waals surface area contributed by atoms with Crippen LogP contribution >= 0.6 is 0 Å². The number of carbonyl (C=O) groups is 2. The van der Waals surface area contributed by atoms with Crippen molar-refractivity contribution >= 4 is 28.9 Å². The maximum atomic E-state index is 13.6. The van der Waals surface area contributed by atoms with Gasteiger partial charge in [0.1, 0.15) is 6.07 Å².